The minimum atomic E-state index is -2.56. The lowest BCUT2D eigenvalue weighted by Crippen LogP contribution is -2.45. The van der Waals surface area contributed by atoms with Crippen molar-refractivity contribution >= 4 is 34.4 Å². The normalized spacial score (nSPS) is 12.9. The quantitative estimate of drug-likeness (QED) is 0.0616. The lowest BCUT2D eigenvalue weighted by molar-refractivity contribution is -0.143. The standard InChI is InChI=1S/C43H66O8Si2/c1-28(2)20-19-21-29(3)22-24-32-34(50-52(15,16)42(8,9)10)27-36(37(30(4)44)38(32)51-53(17,18)43(11,12)13)48-39(45)31-23-25-33(35(26-31)47-14)49-40(46)41(5,6)7/h20,22-23,25-27H,19,21,24H2,1-18H3/b29-22+. The van der Waals surface area contributed by atoms with E-state index in [9.17, 15) is 14.4 Å². The van der Waals surface area contributed by atoms with Crippen molar-refractivity contribution in [2.24, 2.45) is 5.41 Å². The van der Waals surface area contributed by atoms with E-state index in [0.717, 1.165) is 18.4 Å². The van der Waals surface area contributed by atoms with Gasteiger partial charge in [0.2, 0.25) is 8.32 Å². The number of esters is 2. The molecule has 2 aromatic carbocycles. The van der Waals surface area contributed by atoms with Gasteiger partial charge >= 0.3 is 11.9 Å². The fourth-order valence-electron chi connectivity index (χ4n) is 4.56. The molecule has 2 aromatic rings. The summed E-state index contributed by atoms with van der Waals surface area (Å²) in [7, 11) is -3.59. The molecule has 2 rings (SSSR count). The summed E-state index contributed by atoms with van der Waals surface area (Å²) in [6.45, 7) is 34.6. The van der Waals surface area contributed by atoms with E-state index in [4.69, 9.17) is 23.1 Å². The zero-order valence-electron chi connectivity index (χ0n) is 35.9. The molecule has 0 unspecified atom stereocenters. The van der Waals surface area contributed by atoms with Crippen molar-refractivity contribution in [3.63, 3.8) is 0 Å². The Hall–Kier alpha value is -3.64. The highest BCUT2D eigenvalue weighted by Gasteiger charge is 2.43. The molecule has 0 aromatic heterocycles. The maximum Gasteiger partial charge on any atom is 0.343 e. The Morgan fingerprint density at radius 3 is 1.75 bits per heavy atom. The minimum Gasteiger partial charge on any atom is -0.543 e. The Morgan fingerprint density at radius 1 is 0.698 bits per heavy atom. The van der Waals surface area contributed by atoms with Crippen LogP contribution in [0.25, 0.3) is 0 Å². The number of hydrogen-bond donors (Lipinski definition) is 0. The molecule has 8 nitrogen and oxygen atoms in total. The van der Waals surface area contributed by atoms with Crippen molar-refractivity contribution in [2.75, 3.05) is 7.11 Å². The van der Waals surface area contributed by atoms with Crippen molar-refractivity contribution in [3.05, 3.63) is 64.3 Å². The molecule has 0 aliphatic heterocycles. The first-order valence-corrected chi connectivity index (χ1v) is 24.3. The minimum absolute atomic E-state index is 0.0557. The third-order valence-electron chi connectivity index (χ3n) is 10.2. The number of ether oxygens (including phenoxy) is 3. The number of carbonyl (C=O) groups is 3. The van der Waals surface area contributed by atoms with Crippen molar-refractivity contribution in [1.29, 1.82) is 0 Å². The fraction of sp³-hybridized carbons (Fsp3) is 0.558. The van der Waals surface area contributed by atoms with Crippen LogP contribution in [0.5, 0.6) is 28.7 Å². The van der Waals surface area contributed by atoms with Gasteiger partial charge in [-0.05, 0) is 122 Å². The second-order valence-electron chi connectivity index (χ2n) is 18.3. The molecule has 0 aliphatic carbocycles. The second kappa shape index (κ2) is 17.2. The smallest absolute Gasteiger partial charge is 0.343 e. The zero-order valence-corrected chi connectivity index (χ0v) is 37.9. The summed E-state index contributed by atoms with van der Waals surface area (Å²) in [6, 6.07) is 6.14. The number of allylic oxidation sites excluding steroid dienone is 4. The zero-order chi connectivity index (χ0) is 40.9. The molecular formula is C43H66O8Si2. The second-order valence-corrected chi connectivity index (χ2v) is 27.8. The average molecular weight is 767 g/mol. The molecule has 0 atom stereocenters. The molecule has 0 amide bonds. The summed E-state index contributed by atoms with van der Waals surface area (Å²) in [4.78, 5) is 40.3. The SMILES string of the molecule is COc1cc(C(=O)Oc2cc(O[Si](C)(C)C(C)(C)C)c(C/C=C(\C)CCC=C(C)C)c(O[Si](C)(C)C(C)(C)C)c2C(C)=O)ccc1OC(=O)C(C)(C)C. The van der Waals surface area contributed by atoms with Gasteiger partial charge in [0, 0.05) is 11.6 Å². The van der Waals surface area contributed by atoms with Gasteiger partial charge in [-0.25, -0.2) is 4.79 Å². The van der Waals surface area contributed by atoms with Gasteiger partial charge in [0.15, 0.2) is 17.3 Å². The Kier molecular flexibility index (Phi) is 14.8. The lowest BCUT2D eigenvalue weighted by atomic mass is 9.97. The highest BCUT2D eigenvalue weighted by atomic mass is 28.4. The molecule has 0 radical (unpaired) electrons. The molecule has 0 N–H and O–H groups in total. The summed E-state index contributed by atoms with van der Waals surface area (Å²) in [6.07, 6.45) is 6.71. The fourth-order valence-corrected chi connectivity index (χ4v) is 6.64. The van der Waals surface area contributed by atoms with Crippen LogP contribution in [-0.2, 0) is 11.2 Å². The van der Waals surface area contributed by atoms with Crippen molar-refractivity contribution in [2.45, 2.75) is 146 Å². The van der Waals surface area contributed by atoms with Crippen LogP contribution >= 0.6 is 0 Å². The molecule has 0 spiro atoms. The Balaban J connectivity index is 2.92. The molecule has 0 saturated carbocycles. The van der Waals surface area contributed by atoms with Gasteiger partial charge < -0.3 is 23.1 Å². The van der Waals surface area contributed by atoms with Gasteiger partial charge in [0.05, 0.1) is 18.1 Å². The molecule has 0 aliphatic rings. The van der Waals surface area contributed by atoms with Gasteiger partial charge in [-0.15, -0.1) is 0 Å². The van der Waals surface area contributed by atoms with Crippen LogP contribution in [0.15, 0.2) is 47.6 Å². The van der Waals surface area contributed by atoms with E-state index >= 15 is 0 Å². The van der Waals surface area contributed by atoms with Crippen LogP contribution in [0, 0.1) is 5.41 Å². The molecule has 0 fully saturated rings. The number of methoxy groups -OCH3 is 1. The number of hydrogen-bond acceptors (Lipinski definition) is 8. The predicted molar refractivity (Wildman–Crippen MR) is 221 cm³/mol. The summed E-state index contributed by atoms with van der Waals surface area (Å²) < 4.78 is 31.3. The Bertz CT molecular complexity index is 1720. The van der Waals surface area contributed by atoms with Crippen LogP contribution < -0.4 is 23.1 Å². The van der Waals surface area contributed by atoms with Gasteiger partial charge in [-0.3, -0.25) is 9.59 Å². The number of carbonyl (C=O) groups excluding carboxylic acids is 3. The molecule has 0 heterocycles. The van der Waals surface area contributed by atoms with Crippen LogP contribution in [0.2, 0.25) is 36.3 Å². The predicted octanol–water partition coefficient (Wildman–Crippen LogP) is 12.1. The third kappa shape index (κ3) is 12.2. The van der Waals surface area contributed by atoms with E-state index < -0.39 is 34.0 Å². The van der Waals surface area contributed by atoms with Crippen LogP contribution in [0.3, 0.4) is 0 Å². The molecule has 53 heavy (non-hydrogen) atoms. The largest absolute Gasteiger partial charge is 0.543 e. The highest BCUT2D eigenvalue weighted by Crippen LogP contribution is 2.48. The van der Waals surface area contributed by atoms with Crippen molar-refractivity contribution < 1.29 is 37.4 Å². The van der Waals surface area contributed by atoms with E-state index in [2.05, 4.69) is 101 Å². The number of ketones is 1. The summed E-state index contributed by atoms with van der Waals surface area (Å²) in [5, 5.41) is -0.345. The van der Waals surface area contributed by atoms with E-state index in [0.29, 0.717) is 17.9 Å². The molecule has 10 heteroatoms. The lowest BCUT2D eigenvalue weighted by Gasteiger charge is -2.40. The number of benzene rings is 2. The van der Waals surface area contributed by atoms with Gasteiger partial charge in [-0.2, -0.15) is 0 Å². The molecule has 0 saturated heterocycles. The average Bonchev–Trinajstić information content (AvgIpc) is 2.98. The first-order valence-electron chi connectivity index (χ1n) is 18.5. The van der Waals surface area contributed by atoms with Crippen LogP contribution in [-0.4, -0.2) is 41.5 Å². The summed E-state index contributed by atoms with van der Waals surface area (Å²) in [5.74, 6) is -0.107. The molecule has 294 valence electrons. The van der Waals surface area contributed by atoms with Crippen LogP contribution in [0.1, 0.15) is 129 Å². The Morgan fingerprint density at radius 2 is 1.26 bits per heavy atom. The van der Waals surface area contributed by atoms with Gasteiger partial charge in [0.1, 0.15) is 22.8 Å². The monoisotopic (exact) mass is 766 g/mol. The van der Waals surface area contributed by atoms with E-state index in [-0.39, 0.29) is 44.2 Å². The first kappa shape index (κ1) is 45.5. The summed E-state index contributed by atoms with van der Waals surface area (Å²) >= 11 is 0. The van der Waals surface area contributed by atoms with Gasteiger partial charge in [-0.1, -0.05) is 64.8 Å². The van der Waals surface area contributed by atoms with Crippen LogP contribution in [0.4, 0.5) is 0 Å². The summed E-state index contributed by atoms with van der Waals surface area (Å²) in [5.41, 5.74) is 2.85. The maximum absolute atomic E-state index is 13.9. The number of rotatable bonds is 14. The van der Waals surface area contributed by atoms with E-state index in [1.54, 1.807) is 26.8 Å². The van der Waals surface area contributed by atoms with Crippen molar-refractivity contribution in [3.8, 4) is 28.7 Å². The third-order valence-corrected chi connectivity index (χ3v) is 18.8. The first-order chi connectivity index (χ1) is 24.0. The van der Waals surface area contributed by atoms with E-state index in [1.165, 1.54) is 43.4 Å². The van der Waals surface area contributed by atoms with Crippen molar-refractivity contribution in [1.82, 2.24) is 0 Å². The molecule has 0 bridgehead atoms. The van der Waals surface area contributed by atoms with E-state index in [1.807, 2.05) is 0 Å². The Labute approximate surface area is 321 Å². The number of Topliss-reactive ketones (excluding diaryl/α,β-unsaturated/α-hetero) is 1. The molecular weight excluding hydrogens is 701 g/mol. The highest BCUT2D eigenvalue weighted by molar-refractivity contribution is 6.75. The maximum atomic E-state index is 13.9. The topological polar surface area (TPSA) is 97.4 Å². The van der Waals surface area contributed by atoms with Gasteiger partial charge in [0.25, 0.3) is 8.32 Å².